The summed E-state index contributed by atoms with van der Waals surface area (Å²) < 4.78 is 3.52. The van der Waals surface area contributed by atoms with Gasteiger partial charge in [-0.05, 0) is 19.9 Å². The number of hydrogen-bond acceptors (Lipinski definition) is 5. The van der Waals surface area contributed by atoms with Gasteiger partial charge < -0.3 is 5.32 Å². The first-order valence-electron chi connectivity index (χ1n) is 7.56. The van der Waals surface area contributed by atoms with Crippen molar-refractivity contribution >= 4 is 33.1 Å². The molecule has 0 aliphatic rings. The van der Waals surface area contributed by atoms with Crippen LogP contribution in [0.25, 0.3) is 15.9 Å². The third-order valence-corrected chi connectivity index (χ3v) is 4.81. The molecule has 4 rings (SSSR count). The summed E-state index contributed by atoms with van der Waals surface area (Å²) in [6, 6.07) is 7.69. The second kappa shape index (κ2) is 5.41. The van der Waals surface area contributed by atoms with Crippen LogP contribution in [0.4, 0.5) is 0 Å². The summed E-state index contributed by atoms with van der Waals surface area (Å²) in [5.41, 5.74) is 3.13. The molecule has 0 spiro atoms. The molecule has 7 nitrogen and oxygen atoms in total. The molecule has 1 aromatic carbocycles. The summed E-state index contributed by atoms with van der Waals surface area (Å²) >= 11 is 1.54. The molecule has 122 valence electrons. The fourth-order valence-electron chi connectivity index (χ4n) is 2.82. The van der Waals surface area contributed by atoms with Crippen molar-refractivity contribution in [3.8, 4) is 0 Å². The van der Waals surface area contributed by atoms with Crippen LogP contribution in [-0.2, 0) is 13.6 Å². The van der Waals surface area contributed by atoms with E-state index in [2.05, 4.69) is 20.5 Å². The molecule has 0 bridgehead atoms. The van der Waals surface area contributed by atoms with Crippen molar-refractivity contribution in [2.75, 3.05) is 0 Å². The first-order chi connectivity index (χ1) is 11.5. The molecule has 0 fully saturated rings. The molecular weight excluding hydrogens is 324 g/mol. The van der Waals surface area contributed by atoms with E-state index in [4.69, 9.17) is 0 Å². The fraction of sp³-hybridized carbons (Fsp3) is 0.250. The van der Waals surface area contributed by atoms with E-state index in [1.807, 2.05) is 45.2 Å². The van der Waals surface area contributed by atoms with Crippen LogP contribution < -0.4 is 5.32 Å². The van der Waals surface area contributed by atoms with Gasteiger partial charge in [-0.25, -0.2) is 9.50 Å². The smallest absolute Gasteiger partial charge is 0.272 e. The second-order valence-electron chi connectivity index (χ2n) is 5.63. The lowest BCUT2D eigenvalue weighted by molar-refractivity contribution is 0.0946. The number of fused-ring (bicyclic) bond motifs is 2. The lowest BCUT2D eigenvalue weighted by Gasteiger charge is -2.03. The topological polar surface area (TPSA) is 77.1 Å². The van der Waals surface area contributed by atoms with E-state index in [9.17, 15) is 4.79 Å². The van der Waals surface area contributed by atoms with Gasteiger partial charge in [-0.2, -0.15) is 10.2 Å². The molecule has 1 N–H and O–H groups in total. The molecular formula is C16H16N6OS. The molecule has 0 unspecified atom stereocenters. The van der Waals surface area contributed by atoms with Crippen LogP contribution in [0.3, 0.4) is 0 Å². The minimum absolute atomic E-state index is 0.201. The number of imidazole rings is 1. The van der Waals surface area contributed by atoms with Gasteiger partial charge >= 0.3 is 0 Å². The van der Waals surface area contributed by atoms with Crippen LogP contribution >= 0.6 is 11.3 Å². The summed E-state index contributed by atoms with van der Waals surface area (Å²) in [7, 11) is 1.84. The van der Waals surface area contributed by atoms with Gasteiger partial charge in [0.05, 0.1) is 23.4 Å². The first-order valence-corrected chi connectivity index (χ1v) is 8.38. The maximum absolute atomic E-state index is 12.6. The van der Waals surface area contributed by atoms with Crippen molar-refractivity contribution in [3.63, 3.8) is 0 Å². The number of aromatic nitrogens is 5. The van der Waals surface area contributed by atoms with E-state index in [1.54, 1.807) is 9.20 Å². The number of nitrogens with one attached hydrogen (secondary N) is 1. The summed E-state index contributed by atoms with van der Waals surface area (Å²) in [4.78, 5) is 17.9. The van der Waals surface area contributed by atoms with Gasteiger partial charge in [-0.15, -0.1) is 0 Å². The molecule has 1 amide bonds. The van der Waals surface area contributed by atoms with E-state index in [0.29, 0.717) is 12.2 Å². The number of carbonyl (C=O) groups is 1. The molecule has 3 heterocycles. The standard InChI is InChI=1S/C16H16N6OS/c1-9-13(22-16(18-9)24-10(2)19-22)8-17-15(23)14-11-6-4-5-7-12(11)21(3)20-14/h4-7H,8H2,1-3H3,(H,17,23). The highest BCUT2D eigenvalue weighted by Crippen LogP contribution is 2.19. The largest absolute Gasteiger partial charge is 0.345 e. The first kappa shape index (κ1) is 14.8. The number of amides is 1. The Balaban J connectivity index is 1.63. The molecule has 8 heteroatoms. The zero-order valence-electron chi connectivity index (χ0n) is 13.6. The maximum atomic E-state index is 12.6. The van der Waals surface area contributed by atoms with E-state index >= 15 is 0 Å². The van der Waals surface area contributed by atoms with Crippen molar-refractivity contribution < 1.29 is 4.79 Å². The van der Waals surface area contributed by atoms with Gasteiger partial charge in [0.15, 0.2) is 5.69 Å². The summed E-state index contributed by atoms with van der Waals surface area (Å²) in [5, 5.41) is 13.5. The molecule has 0 aliphatic carbocycles. The number of para-hydroxylation sites is 1. The minimum atomic E-state index is -0.201. The number of benzene rings is 1. The van der Waals surface area contributed by atoms with Crippen LogP contribution in [-0.4, -0.2) is 30.3 Å². The monoisotopic (exact) mass is 340 g/mol. The highest BCUT2D eigenvalue weighted by molar-refractivity contribution is 7.16. The van der Waals surface area contributed by atoms with Gasteiger partial charge in [0.2, 0.25) is 4.96 Å². The molecule has 3 aromatic heterocycles. The van der Waals surface area contributed by atoms with E-state index < -0.39 is 0 Å². The molecule has 0 aliphatic heterocycles. The highest BCUT2D eigenvalue weighted by atomic mass is 32.1. The SMILES string of the molecule is Cc1nn2c(CNC(=O)c3nn(C)c4ccccc34)c(C)nc2s1. The summed E-state index contributed by atoms with van der Waals surface area (Å²) in [6.07, 6.45) is 0. The van der Waals surface area contributed by atoms with E-state index in [0.717, 1.165) is 32.3 Å². The lowest BCUT2D eigenvalue weighted by atomic mass is 10.2. The highest BCUT2D eigenvalue weighted by Gasteiger charge is 2.18. The Morgan fingerprint density at radius 1 is 1.25 bits per heavy atom. The Bertz CT molecular complexity index is 1070. The Morgan fingerprint density at radius 2 is 2.04 bits per heavy atom. The molecule has 4 aromatic rings. The molecule has 0 radical (unpaired) electrons. The number of hydrogen-bond donors (Lipinski definition) is 1. The average Bonchev–Trinajstić information content (AvgIpc) is 3.16. The van der Waals surface area contributed by atoms with Crippen LogP contribution in [0, 0.1) is 13.8 Å². The Morgan fingerprint density at radius 3 is 2.88 bits per heavy atom. The van der Waals surface area contributed by atoms with Crippen molar-refractivity contribution in [1.29, 1.82) is 0 Å². The quantitative estimate of drug-likeness (QED) is 0.620. The van der Waals surface area contributed by atoms with Gasteiger partial charge in [0, 0.05) is 12.4 Å². The van der Waals surface area contributed by atoms with Crippen molar-refractivity contribution in [2.45, 2.75) is 20.4 Å². The summed E-state index contributed by atoms with van der Waals surface area (Å²) in [5.74, 6) is -0.201. The van der Waals surface area contributed by atoms with Crippen LogP contribution in [0.1, 0.15) is 26.9 Å². The predicted octanol–water partition coefficient (Wildman–Crippen LogP) is 2.22. The zero-order valence-corrected chi connectivity index (χ0v) is 14.4. The molecule has 24 heavy (non-hydrogen) atoms. The van der Waals surface area contributed by atoms with E-state index in [1.165, 1.54) is 11.3 Å². The molecule has 0 saturated carbocycles. The van der Waals surface area contributed by atoms with Crippen molar-refractivity contribution in [3.05, 3.63) is 46.4 Å². The Kier molecular flexibility index (Phi) is 3.34. The Labute approximate surface area is 141 Å². The van der Waals surface area contributed by atoms with Crippen molar-refractivity contribution in [2.24, 2.45) is 7.05 Å². The van der Waals surface area contributed by atoms with Crippen LogP contribution in [0.5, 0.6) is 0 Å². The van der Waals surface area contributed by atoms with Crippen molar-refractivity contribution in [1.82, 2.24) is 29.7 Å². The fourth-order valence-corrected chi connectivity index (χ4v) is 3.63. The number of carbonyl (C=O) groups excluding carboxylic acids is 1. The van der Waals surface area contributed by atoms with Gasteiger partial charge in [0.25, 0.3) is 5.91 Å². The molecule has 0 atom stereocenters. The number of nitrogens with zero attached hydrogens (tertiary/aromatic N) is 5. The normalized spacial score (nSPS) is 11.5. The van der Waals surface area contributed by atoms with Gasteiger partial charge in [-0.3, -0.25) is 9.48 Å². The van der Waals surface area contributed by atoms with Crippen LogP contribution in [0.2, 0.25) is 0 Å². The number of rotatable bonds is 3. The molecule has 0 saturated heterocycles. The maximum Gasteiger partial charge on any atom is 0.272 e. The zero-order chi connectivity index (χ0) is 16.8. The van der Waals surface area contributed by atoms with Gasteiger partial charge in [-0.1, -0.05) is 29.5 Å². The Hall–Kier alpha value is -2.74. The second-order valence-corrected chi connectivity index (χ2v) is 6.79. The predicted molar refractivity (Wildman–Crippen MR) is 92.2 cm³/mol. The third kappa shape index (κ3) is 2.26. The minimum Gasteiger partial charge on any atom is -0.345 e. The lowest BCUT2D eigenvalue weighted by Crippen LogP contribution is -2.24. The average molecular weight is 340 g/mol. The third-order valence-electron chi connectivity index (χ3n) is 3.99. The van der Waals surface area contributed by atoms with Gasteiger partial charge in [0.1, 0.15) is 5.01 Å². The number of aryl methyl sites for hydroxylation is 3. The summed E-state index contributed by atoms with van der Waals surface area (Å²) in [6.45, 7) is 4.23. The van der Waals surface area contributed by atoms with E-state index in [-0.39, 0.29) is 5.91 Å². The van der Waals surface area contributed by atoms with Crippen LogP contribution in [0.15, 0.2) is 24.3 Å².